The molecule has 0 fully saturated rings. The van der Waals surface area contributed by atoms with Crippen LogP contribution in [0.15, 0.2) is 6.07 Å². The second-order valence-corrected chi connectivity index (χ2v) is 3.50. The van der Waals surface area contributed by atoms with Crippen LogP contribution in [0, 0.1) is 17.0 Å². The van der Waals surface area contributed by atoms with E-state index in [1.165, 1.54) is 17.7 Å². The molecule has 0 spiro atoms. The van der Waals surface area contributed by atoms with Crippen LogP contribution in [-0.2, 0) is 16.1 Å². The highest BCUT2D eigenvalue weighted by atomic mass is 16.6. The number of carbonyl (C=O) groups is 1. The number of aromatic nitrogens is 2. The third kappa shape index (κ3) is 3.04. The summed E-state index contributed by atoms with van der Waals surface area (Å²) in [7, 11) is 0. The van der Waals surface area contributed by atoms with Crippen molar-refractivity contribution >= 4 is 11.8 Å². The lowest BCUT2D eigenvalue weighted by molar-refractivity contribution is -0.389. The van der Waals surface area contributed by atoms with E-state index in [1.54, 1.807) is 13.8 Å². The van der Waals surface area contributed by atoms with Gasteiger partial charge in [0.25, 0.3) is 0 Å². The molecule has 0 amide bonds. The molecule has 1 unspecified atom stereocenters. The van der Waals surface area contributed by atoms with E-state index in [0.29, 0.717) is 12.2 Å². The summed E-state index contributed by atoms with van der Waals surface area (Å²) in [5, 5.41) is 14.3. The van der Waals surface area contributed by atoms with Crippen molar-refractivity contribution in [1.29, 1.82) is 0 Å². The van der Waals surface area contributed by atoms with Crippen LogP contribution < -0.4 is 0 Å². The minimum absolute atomic E-state index is 0.201. The van der Waals surface area contributed by atoms with Gasteiger partial charge in [-0.3, -0.25) is 4.79 Å². The predicted molar refractivity (Wildman–Crippen MR) is 54.8 cm³/mol. The number of aryl methyl sites for hydroxylation is 1. The van der Waals surface area contributed by atoms with E-state index in [4.69, 9.17) is 4.74 Å². The van der Waals surface area contributed by atoms with Gasteiger partial charge in [0.2, 0.25) is 0 Å². The van der Waals surface area contributed by atoms with Crippen LogP contribution in [0.5, 0.6) is 0 Å². The van der Waals surface area contributed by atoms with Crippen molar-refractivity contribution in [3.63, 3.8) is 0 Å². The quantitative estimate of drug-likeness (QED) is 0.436. The lowest BCUT2D eigenvalue weighted by Crippen LogP contribution is -2.20. The van der Waals surface area contributed by atoms with Gasteiger partial charge < -0.3 is 14.9 Å². The van der Waals surface area contributed by atoms with Crippen molar-refractivity contribution in [1.82, 2.24) is 9.78 Å². The monoisotopic (exact) mass is 227 g/mol. The number of ether oxygens (including phenoxy) is 1. The molecule has 1 atom stereocenters. The average molecular weight is 227 g/mol. The van der Waals surface area contributed by atoms with Crippen LogP contribution in [0.2, 0.25) is 0 Å². The lowest BCUT2D eigenvalue weighted by Gasteiger charge is -2.10. The molecule has 0 aliphatic carbocycles. The van der Waals surface area contributed by atoms with E-state index in [1.807, 2.05) is 0 Å². The van der Waals surface area contributed by atoms with Gasteiger partial charge >= 0.3 is 11.8 Å². The van der Waals surface area contributed by atoms with Gasteiger partial charge in [0.1, 0.15) is 6.10 Å². The highest BCUT2D eigenvalue weighted by Crippen LogP contribution is 2.11. The molecule has 16 heavy (non-hydrogen) atoms. The number of nitro groups is 1. The second-order valence-electron chi connectivity index (χ2n) is 3.50. The van der Waals surface area contributed by atoms with Crippen molar-refractivity contribution in [3.8, 4) is 0 Å². The molecule has 0 N–H and O–H groups in total. The van der Waals surface area contributed by atoms with Gasteiger partial charge in [-0.2, -0.15) is 4.68 Å². The third-order valence-corrected chi connectivity index (χ3v) is 1.95. The van der Waals surface area contributed by atoms with Gasteiger partial charge in [-0.1, -0.05) is 0 Å². The van der Waals surface area contributed by atoms with Gasteiger partial charge in [-0.05, 0) is 18.8 Å². The van der Waals surface area contributed by atoms with Crippen LogP contribution in [0.3, 0.4) is 0 Å². The molecular weight excluding hydrogens is 214 g/mol. The Bertz CT molecular complexity index is 413. The molecule has 1 aromatic rings. The van der Waals surface area contributed by atoms with Crippen LogP contribution >= 0.6 is 0 Å². The van der Waals surface area contributed by atoms with Gasteiger partial charge in [-0.25, -0.2) is 0 Å². The Labute approximate surface area is 92.2 Å². The zero-order valence-electron chi connectivity index (χ0n) is 9.34. The van der Waals surface area contributed by atoms with E-state index in [-0.39, 0.29) is 17.9 Å². The van der Waals surface area contributed by atoms with E-state index in [2.05, 4.69) is 5.10 Å². The first-order valence-corrected chi connectivity index (χ1v) is 4.76. The fourth-order valence-electron chi connectivity index (χ4n) is 1.33. The summed E-state index contributed by atoms with van der Waals surface area (Å²) >= 11 is 0. The average Bonchev–Trinajstić information content (AvgIpc) is 2.46. The maximum absolute atomic E-state index is 10.7. The van der Waals surface area contributed by atoms with Crippen molar-refractivity contribution in [2.24, 2.45) is 0 Å². The predicted octanol–water partition coefficient (Wildman–Crippen LogP) is 1.05. The van der Waals surface area contributed by atoms with Crippen molar-refractivity contribution in [3.05, 3.63) is 21.9 Å². The van der Waals surface area contributed by atoms with Crippen LogP contribution in [-0.4, -0.2) is 26.8 Å². The van der Waals surface area contributed by atoms with Crippen LogP contribution in [0.25, 0.3) is 0 Å². The standard InChI is InChI=1S/C9H13N3O4/c1-6-4-9(12(14)15)10-11(6)5-7(2)16-8(3)13/h4,7H,5H2,1-3H3. The second kappa shape index (κ2) is 4.73. The van der Waals surface area contributed by atoms with E-state index in [9.17, 15) is 14.9 Å². The summed E-state index contributed by atoms with van der Waals surface area (Å²) in [5.41, 5.74) is 0.658. The normalized spacial score (nSPS) is 12.2. The van der Waals surface area contributed by atoms with E-state index >= 15 is 0 Å². The zero-order valence-corrected chi connectivity index (χ0v) is 9.34. The molecule has 0 aromatic carbocycles. The number of nitrogens with zero attached hydrogens (tertiary/aromatic N) is 3. The van der Waals surface area contributed by atoms with Gasteiger partial charge in [0.15, 0.2) is 0 Å². The lowest BCUT2D eigenvalue weighted by atomic mass is 10.4. The number of rotatable bonds is 4. The Kier molecular flexibility index (Phi) is 3.60. The number of esters is 1. The fraction of sp³-hybridized carbons (Fsp3) is 0.556. The third-order valence-electron chi connectivity index (χ3n) is 1.95. The Morgan fingerprint density at radius 2 is 2.38 bits per heavy atom. The maximum atomic E-state index is 10.7. The Balaban J connectivity index is 2.73. The Morgan fingerprint density at radius 1 is 1.75 bits per heavy atom. The molecule has 0 saturated heterocycles. The zero-order chi connectivity index (χ0) is 12.3. The van der Waals surface area contributed by atoms with Crippen molar-refractivity contribution in [2.45, 2.75) is 33.4 Å². The molecule has 0 aliphatic heterocycles. The Morgan fingerprint density at radius 3 is 2.81 bits per heavy atom. The summed E-state index contributed by atoms with van der Waals surface area (Å²) in [6.45, 7) is 5.03. The minimum atomic E-state index is -0.556. The molecule has 0 aliphatic rings. The van der Waals surface area contributed by atoms with Gasteiger partial charge in [0.05, 0.1) is 23.4 Å². The first kappa shape index (κ1) is 12.2. The summed E-state index contributed by atoms with van der Waals surface area (Å²) in [4.78, 5) is 20.6. The number of hydrogen-bond donors (Lipinski definition) is 0. The Hall–Kier alpha value is -1.92. The molecular formula is C9H13N3O4. The molecule has 7 heteroatoms. The molecule has 1 heterocycles. The van der Waals surface area contributed by atoms with E-state index < -0.39 is 4.92 Å². The summed E-state index contributed by atoms with van der Waals surface area (Å²) in [5.74, 6) is -0.584. The van der Waals surface area contributed by atoms with E-state index in [0.717, 1.165) is 0 Å². The van der Waals surface area contributed by atoms with Gasteiger partial charge in [-0.15, -0.1) is 0 Å². The molecule has 0 bridgehead atoms. The molecule has 1 aromatic heterocycles. The highest BCUT2D eigenvalue weighted by Gasteiger charge is 2.17. The van der Waals surface area contributed by atoms with Crippen LogP contribution in [0.4, 0.5) is 5.82 Å². The summed E-state index contributed by atoms with van der Waals surface area (Å²) < 4.78 is 6.36. The molecule has 1 rings (SSSR count). The SMILES string of the molecule is CC(=O)OC(C)Cn1nc([N+](=O)[O-])cc1C. The number of carbonyl (C=O) groups excluding carboxylic acids is 1. The first-order chi connectivity index (χ1) is 7.40. The summed E-state index contributed by atoms with van der Waals surface area (Å²) in [6.07, 6.45) is -0.365. The summed E-state index contributed by atoms with van der Waals surface area (Å²) in [6, 6.07) is 1.38. The van der Waals surface area contributed by atoms with Crippen molar-refractivity contribution in [2.75, 3.05) is 0 Å². The van der Waals surface area contributed by atoms with Gasteiger partial charge in [0, 0.05) is 6.92 Å². The molecule has 7 nitrogen and oxygen atoms in total. The minimum Gasteiger partial charge on any atom is -0.461 e. The maximum Gasteiger partial charge on any atom is 0.390 e. The number of hydrogen-bond acceptors (Lipinski definition) is 5. The molecule has 0 radical (unpaired) electrons. The fourth-order valence-corrected chi connectivity index (χ4v) is 1.33. The smallest absolute Gasteiger partial charge is 0.390 e. The highest BCUT2D eigenvalue weighted by molar-refractivity contribution is 5.66. The van der Waals surface area contributed by atoms with Crippen molar-refractivity contribution < 1.29 is 14.5 Å². The van der Waals surface area contributed by atoms with Crippen LogP contribution in [0.1, 0.15) is 19.5 Å². The molecule has 0 saturated carbocycles. The largest absolute Gasteiger partial charge is 0.461 e. The first-order valence-electron chi connectivity index (χ1n) is 4.76. The molecule has 88 valence electrons. The topological polar surface area (TPSA) is 87.3 Å².